The van der Waals surface area contributed by atoms with E-state index in [9.17, 15) is 14.9 Å². The van der Waals surface area contributed by atoms with E-state index < -0.39 is 5.69 Å². The summed E-state index contributed by atoms with van der Waals surface area (Å²) in [4.78, 5) is 29.9. The van der Waals surface area contributed by atoms with Crippen molar-refractivity contribution < 1.29 is 14.3 Å². The van der Waals surface area contributed by atoms with Crippen molar-refractivity contribution in [1.29, 1.82) is 5.26 Å². The molecule has 8 nitrogen and oxygen atoms in total. The molecule has 0 unspecified atom stereocenters. The molecule has 0 radical (unpaired) electrons. The van der Waals surface area contributed by atoms with Crippen molar-refractivity contribution in [1.82, 2.24) is 15.3 Å². The van der Waals surface area contributed by atoms with Crippen LogP contribution >= 0.6 is 11.8 Å². The predicted octanol–water partition coefficient (Wildman–Crippen LogP) is 1.65. The topological polar surface area (TPSA) is 117 Å². The van der Waals surface area contributed by atoms with Gasteiger partial charge in [-0.1, -0.05) is 17.8 Å². The van der Waals surface area contributed by atoms with Crippen LogP contribution in [-0.4, -0.2) is 28.4 Å². The fourth-order valence-corrected chi connectivity index (χ4v) is 3.32. The third kappa shape index (κ3) is 3.81. The normalized spacial score (nSPS) is 13.1. The first-order valence-electron chi connectivity index (χ1n) is 7.80. The van der Waals surface area contributed by atoms with E-state index in [2.05, 4.69) is 15.3 Å². The summed E-state index contributed by atoms with van der Waals surface area (Å²) in [5, 5.41) is 12.3. The van der Waals surface area contributed by atoms with Gasteiger partial charge in [0.05, 0.1) is 11.8 Å². The van der Waals surface area contributed by atoms with Gasteiger partial charge < -0.3 is 19.8 Å². The number of ether oxygens (including phenoxy) is 2. The highest BCUT2D eigenvalue weighted by molar-refractivity contribution is 8.00. The second kappa shape index (κ2) is 7.49. The second-order valence-corrected chi connectivity index (χ2v) is 6.61. The van der Waals surface area contributed by atoms with Crippen LogP contribution in [0.3, 0.4) is 0 Å². The summed E-state index contributed by atoms with van der Waals surface area (Å²) in [6.45, 7) is 3.67. The number of hydrogen-bond acceptors (Lipinski definition) is 7. The number of thioether (sulfide) groups is 1. The summed E-state index contributed by atoms with van der Waals surface area (Å²) < 4.78 is 10.6. The minimum atomic E-state index is -0.543. The molecule has 9 heteroatoms. The van der Waals surface area contributed by atoms with E-state index in [1.807, 2.05) is 25.1 Å². The zero-order chi connectivity index (χ0) is 18.7. The number of hydrogen-bond donors (Lipinski definition) is 2. The molecule has 0 saturated carbocycles. The molecule has 0 saturated heterocycles. The van der Waals surface area contributed by atoms with E-state index in [1.54, 1.807) is 13.0 Å². The molecule has 1 aliphatic heterocycles. The molecule has 1 aromatic heterocycles. The fraction of sp³-hybridized carbons (Fsp3) is 0.294. The van der Waals surface area contributed by atoms with Crippen LogP contribution in [0.1, 0.15) is 29.8 Å². The molecule has 1 aromatic carbocycles. The smallest absolute Gasteiger partial charge is 0.346 e. The van der Waals surface area contributed by atoms with Gasteiger partial charge >= 0.3 is 5.69 Å². The van der Waals surface area contributed by atoms with E-state index in [1.165, 1.54) is 0 Å². The maximum Gasteiger partial charge on any atom is 0.346 e. The maximum absolute atomic E-state index is 12.2. The third-order valence-corrected chi connectivity index (χ3v) is 4.79. The van der Waals surface area contributed by atoms with Crippen LogP contribution in [-0.2, 0) is 4.79 Å². The Hall–Kier alpha value is -2.99. The van der Waals surface area contributed by atoms with Gasteiger partial charge in [-0.05, 0) is 31.5 Å². The molecular formula is C17H16N4O4S. The SMILES string of the molecule is Cc1[nH]c(=O)nc(SCC(=O)N[C@@H](C)c2ccc3c(c2)OCO3)c1C#N. The zero-order valence-electron chi connectivity index (χ0n) is 14.2. The van der Waals surface area contributed by atoms with Gasteiger partial charge in [-0.15, -0.1) is 0 Å². The van der Waals surface area contributed by atoms with E-state index in [0.29, 0.717) is 17.2 Å². The van der Waals surface area contributed by atoms with Crippen molar-refractivity contribution in [3.63, 3.8) is 0 Å². The average molecular weight is 372 g/mol. The number of benzene rings is 1. The summed E-state index contributed by atoms with van der Waals surface area (Å²) in [6, 6.07) is 7.25. The largest absolute Gasteiger partial charge is 0.454 e. The maximum atomic E-state index is 12.2. The number of nitrogens with one attached hydrogen (secondary N) is 2. The van der Waals surface area contributed by atoms with Crippen LogP contribution in [0.4, 0.5) is 0 Å². The summed E-state index contributed by atoms with van der Waals surface area (Å²) in [5.41, 5.74) is 1.05. The lowest BCUT2D eigenvalue weighted by molar-refractivity contribution is -0.119. The van der Waals surface area contributed by atoms with Crippen molar-refractivity contribution in [2.75, 3.05) is 12.5 Å². The van der Waals surface area contributed by atoms with Crippen LogP contribution < -0.4 is 20.5 Å². The van der Waals surface area contributed by atoms with E-state index in [-0.39, 0.29) is 35.1 Å². The van der Waals surface area contributed by atoms with Crippen molar-refractivity contribution in [3.05, 3.63) is 45.5 Å². The van der Waals surface area contributed by atoms with E-state index >= 15 is 0 Å². The number of nitriles is 1. The Bertz CT molecular complexity index is 951. The molecule has 3 rings (SSSR count). The Balaban J connectivity index is 1.63. The van der Waals surface area contributed by atoms with Crippen LogP contribution in [0.2, 0.25) is 0 Å². The van der Waals surface area contributed by atoms with Crippen LogP contribution in [0.5, 0.6) is 11.5 Å². The van der Waals surface area contributed by atoms with E-state index in [0.717, 1.165) is 17.3 Å². The molecule has 2 heterocycles. The Morgan fingerprint density at radius 2 is 2.23 bits per heavy atom. The summed E-state index contributed by atoms with van der Waals surface area (Å²) in [5.74, 6) is 1.14. The number of aromatic amines is 1. The Labute approximate surface area is 153 Å². The molecule has 0 aliphatic carbocycles. The molecule has 0 bridgehead atoms. The molecule has 2 aromatic rings. The highest BCUT2D eigenvalue weighted by atomic mass is 32.2. The fourth-order valence-electron chi connectivity index (χ4n) is 2.48. The number of rotatable bonds is 5. The van der Waals surface area contributed by atoms with E-state index in [4.69, 9.17) is 9.47 Å². The molecule has 0 spiro atoms. The lowest BCUT2D eigenvalue weighted by Gasteiger charge is -2.14. The predicted molar refractivity (Wildman–Crippen MR) is 94.2 cm³/mol. The van der Waals surface area contributed by atoms with Crippen LogP contribution in [0, 0.1) is 18.3 Å². The average Bonchev–Trinajstić information content (AvgIpc) is 3.07. The number of aromatic nitrogens is 2. The second-order valence-electron chi connectivity index (χ2n) is 5.65. The van der Waals surface area contributed by atoms with Gasteiger partial charge in [0.25, 0.3) is 0 Å². The van der Waals surface area contributed by atoms with Crippen molar-refractivity contribution >= 4 is 17.7 Å². The first-order valence-corrected chi connectivity index (χ1v) is 8.79. The summed E-state index contributed by atoms with van der Waals surface area (Å²) in [6.07, 6.45) is 0. The molecule has 26 heavy (non-hydrogen) atoms. The highest BCUT2D eigenvalue weighted by Gasteiger charge is 2.18. The minimum Gasteiger partial charge on any atom is -0.454 e. The number of carbonyl (C=O) groups is 1. The zero-order valence-corrected chi connectivity index (χ0v) is 15.0. The third-order valence-electron chi connectivity index (χ3n) is 3.81. The number of aryl methyl sites for hydroxylation is 1. The summed E-state index contributed by atoms with van der Waals surface area (Å²) >= 11 is 1.06. The molecule has 1 amide bonds. The lowest BCUT2D eigenvalue weighted by atomic mass is 10.1. The Morgan fingerprint density at radius 3 is 3.00 bits per heavy atom. The van der Waals surface area contributed by atoms with Crippen molar-refractivity contribution in [2.45, 2.75) is 24.9 Å². The van der Waals surface area contributed by atoms with Crippen LogP contribution in [0.25, 0.3) is 0 Å². The number of nitrogens with zero attached hydrogens (tertiary/aromatic N) is 2. The van der Waals surface area contributed by atoms with Gasteiger partial charge in [-0.3, -0.25) is 4.79 Å². The van der Waals surface area contributed by atoms with Gasteiger partial charge in [0, 0.05) is 5.69 Å². The number of fused-ring (bicyclic) bond motifs is 1. The van der Waals surface area contributed by atoms with Gasteiger partial charge in [-0.2, -0.15) is 10.2 Å². The Morgan fingerprint density at radius 1 is 1.46 bits per heavy atom. The first kappa shape index (κ1) is 17.8. The van der Waals surface area contributed by atoms with Crippen LogP contribution in [0.15, 0.2) is 28.0 Å². The van der Waals surface area contributed by atoms with Crippen molar-refractivity contribution in [3.8, 4) is 17.6 Å². The van der Waals surface area contributed by atoms with Crippen molar-refractivity contribution in [2.24, 2.45) is 0 Å². The Kier molecular flexibility index (Phi) is 5.14. The molecule has 1 aliphatic rings. The molecule has 134 valence electrons. The first-order chi connectivity index (χ1) is 12.5. The molecule has 2 N–H and O–H groups in total. The standard InChI is InChI=1S/C17H16N4O4S/c1-9(11-3-4-13-14(5-11)25-8-24-13)19-15(22)7-26-16-12(6-18)10(2)20-17(23)21-16/h3-5,9H,7-8H2,1-2H3,(H,19,22)(H,20,21,23)/t9-/m0/s1. The quantitative estimate of drug-likeness (QED) is 0.605. The van der Waals surface area contributed by atoms with Gasteiger partial charge in [0.2, 0.25) is 12.7 Å². The van der Waals surface area contributed by atoms with Gasteiger partial charge in [0.15, 0.2) is 11.5 Å². The lowest BCUT2D eigenvalue weighted by Crippen LogP contribution is -2.28. The summed E-state index contributed by atoms with van der Waals surface area (Å²) in [7, 11) is 0. The number of amides is 1. The number of H-pyrrole nitrogens is 1. The van der Waals surface area contributed by atoms with Gasteiger partial charge in [0.1, 0.15) is 16.7 Å². The molecule has 0 fully saturated rings. The van der Waals surface area contributed by atoms with Gasteiger partial charge in [-0.25, -0.2) is 4.79 Å². The highest BCUT2D eigenvalue weighted by Crippen LogP contribution is 2.34. The molecular weight excluding hydrogens is 356 g/mol. The monoisotopic (exact) mass is 372 g/mol. The number of carbonyl (C=O) groups excluding carboxylic acids is 1. The molecule has 1 atom stereocenters. The minimum absolute atomic E-state index is 0.0411.